The summed E-state index contributed by atoms with van der Waals surface area (Å²) in [5, 5.41) is 10.1. The molecule has 1 aliphatic heterocycles. The van der Waals surface area contributed by atoms with Gasteiger partial charge in [0.1, 0.15) is 0 Å². The average Bonchev–Trinajstić information content (AvgIpc) is 2.99. The Morgan fingerprint density at radius 2 is 2.00 bits per heavy atom. The van der Waals surface area contributed by atoms with Crippen LogP contribution in [0.5, 0.6) is 0 Å². The molecule has 1 saturated heterocycles. The second-order valence-electron chi connectivity index (χ2n) is 4.94. The zero-order valence-corrected chi connectivity index (χ0v) is 11.1. The number of benzene rings is 1. The van der Waals surface area contributed by atoms with E-state index in [0.717, 1.165) is 31.5 Å². The molecule has 2 N–H and O–H groups in total. The predicted octanol–water partition coefficient (Wildman–Crippen LogP) is 1.82. The maximum absolute atomic E-state index is 12.1. The number of hydrogen-bond acceptors (Lipinski definition) is 4. The van der Waals surface area contributed by atoms with Crippen molar-refractivity contribution in [3.63, 3.8) is 0 Å². The predicted molar refractivity (Wildman–Crippen MR) is 75.3 cm³/mol. The Hall–Kier alpha value is -2.14. The first-order chi connectivity index (χ1) is 9.83. The van der Waals surface area contributed by atoms with Gasteiger partial charge in [0, 0.05) is 17.7 Å². The quantitative estimate of drug-likeness (QED) is 0.893. The van der Waals surface area contributed by atoms with Gasteiger partial charge in [-0.2, -0.15) is 0 Å². The topological polar surface area (TPSA) is 67.2 Å². The molecular weight excluding hydrogens is 254 g/mol. The van der Waals surface area contributed by atoms with Gasteiger partial charge in [-0.3, -0.25) is 4.79 Å². The number of rotatable bonds is 3. The van der Waals surface area contributed by atoms with E-state index in [4.69, 9.17) is 4.52 Å². The molecule has 2 heterocycles. The lowest BCUT2D eigenvalue weighted by atomic mass is 10.1. The Balaban J connectivity index is 1.68. The van der Waals surface area contributed by atoms with Crippen molar-refractivity contribution in [1.29, 1.82) is 0 Å². The lowest BCUT2D eigenvalue weighted by molar-refractivity contribution is 0.0920. The summed E-state index contributed by atoms with van der Waals surface area (Å²) in [6.07, 6.45) is 1.91. The van der Waals surface area contributed by atoms with Crippen LogP contribution in [0.4, 0.5) is 0 Å². The standard InChI is InChI=1S/C15H17N3O2/c19-15(17-12-6-8-16-9-7-12)13-10-14(20-18-13)11-4-2-1-3-5-11/h1-5,10,12,16H,6-9H2,(H,17,19). The number of nitrogens with zero attached hydrogens (tertiary/aromatic N) is 1. The van der Waals surface area contributed by atoms with Gasteiger partial charge in [-0.1, -0.05) is 35.5 Å². The molecule has 0 atom stereocenters. The molecule has 3 rings (SSSR count). The Morgan fingerprint density at radius 3 is 2.75 bits per heavy atom. The van der Waals surface area contributed by atoms with Gasteiger partial charge in [-0.15, -0.1) is 0 Å². The van der Waals surface area contributed by atoms with Gasteiger partial charge in [0.05, 0.1) is 0 Å². The molecule has 0 radical (unpaired) electrons. The van der Waals surface area contributed by atoms with Crippen molar-refractivity contribution >= 4 is 5.91 Å². The third kappa shape index (κ3) is 2.88. The third-order valence-corrected chi connectivity index (χ3v) is 3.48. The maximum Gasteiger partial charge on any atom is 0.273 e. The van der Waals surface area contributed by atoms with E-state index in [0.29, 0.717) is 11.5 Å². The van der Waals surface area contributed by atoms with Crippen molar-refractivity contribution in [2.24, 2.45) is 0 Å². The number of aromatic nitrogens is 1. The van der Waals surface area contributed by atoms with Crippen molar-refractivity contribution < 1.29 is 9.32 Å². The Kier molecular flexibility index (Phi) is 3.78. The van der Waals surface area contributed by atoms with Crippen molar-refractivity contribution in [1.82, 2.24) is 15.8 Å². The van der Waals surface area contributed by atoms with Gasteiger partial charge in [0.15, 0.2) is 11.5 Å². The van der Waals surface area contributed by atoms with E-state index >= 15 is 0 Å². The van der Waals surface area contributed by atoms with Crippen molar-refractivity contribution in [2.45, 2.75) is 18.9 Å². The minimum absolute atomic E-state index is 0.164. The molecule has 5 nitrogen and oxygen atoms in total. The molecule has 20 heavy (non-hydrogen) atoms. The normalized spacial score (nSPS) is 16.0. The largest absolute Gasteiger partial charge is 0.355 e. The third-order valence-electron chi connectivity index (χ3n) is 3.48. The van der Waals surface area contributed by atoms with Crippen LogP contribution >= 0.6 is 0 Å². The molecule has 1 fully saturated rings. The fourth-order valence-electron chi connectivity index (χ4n) is 2.35. The number of carbonyl (C=O) groups excluding carboxylic acids is 1. The highest BCUT2D eigenvalue weighted by Crippen LogP contribution is 2.19. The van der Waals surface area contributed by atoms with E-state index in [1.54, 1.807) is 6.07 Å². The number of nitrogens with one attached hydrogen (secondary N) is 2. The summed E-state index contributed by atoms with van der Waals surface area (Å²) in [6.45, 7) is 1.89. The number of piperidine rings is 1. The molecule has 1 aromatic heterocycles. The number of hydrogen-bond donors (Lipinski definition) is 2. The van der Waals surface area contributed by atoms with E-state index in [-0.39, 0.29) is 11.9 Å². The van der Waals surface area contributed by atoms with E-state index in [9.17, 15) is 4.79 Å². The van der Waals surface area contributed by atoms with Crippen molar-refractivity contribution in [2.75, 3.05) is 13.1 Å². The van der Waals surface area contributed by atoms with Crippen LogP contribution in [0.25, 0.3) is 11.3 Å². The summed E-state index contributed by atoms with van der Waals surface area (Å²) in [6, 6.07) is 11.5. The van der Waals surface area contributed by atoms with Gasteiger partial charge in [-0.25, -0.2) is 0 Å². The Morgan fingerprint density at radius 1 is 1.25 bits per heavy atom. The first-order valence-corrected chi connectivity index (χ1v) is 6.86. The molecular formula is C15H17N3O2. The average molecular weight is 271 g/mol. The van der Waals surface area contributed by atoms with Crippen LogP contribution in [0.2, 0.25) is 0 Å². The van der Waals surface area contributed by atoms with Crippen LogP contribution in [0, 0.1) is 0 Å². The van der Waals surface area contributed by atoms with E-state index in [2.05, 4.69) is 15.8 Å². The highest BCUT2D eigenvalue weighted by Gasteiger charge is 2.19. The van der Waals surface area contributed by atoms with Crippen molar-refractivity contribution in [3.05, 3.63) is 42.1 Å². The monoisotopic (exact) mass is 271 g/mol. The van der Waals surface area contributed by atoms with Crippen LogP contribution in [0.15, 0.2) is 40.9 Å². The SMILES string of the molecule is O=C(NC1CCNCC1)c1cc(-c2ccccc2)on1. The summed E-state index contributed by atoms with van der Waals surface area (Å²) >= 11 is 0. The maximum atomic E-state index is 12.1. The molecule has 0 aliphatic carbocycles. The molecule has 2 aromatic rings. The molecule has 0 spiro atoms. The van der Waals surface area contributed by atoms with E-state index < -0.39 is 0 Å². The fraction of sp³-hybridized carbons (Fsp3) is 0.333. The lowest BCUT2D eigenvalue weighted by Gasteiger charge is -2.23. The van der Waals surface area contributed by atoms with E-state index in [1.165, 1.54) is 0 Å². The Labute approximate surface area is 117 Å². The number of amides is 1. The molecule has 0 bridgehead atoms. The summed E-state index contributed by atoms with van der Waals surface area (Å²) in [5.41, 5.74) is 1.25. The fourth-order valence-corrected chi connectivity index (χ4v) is 2.35. The van der Waals surface area contributed by atoms with Crippen LogP contribution in [-0.4, -0.2) is 30.2 Å². The van der Waals surface area contributed by atoms with Crippen LogP contribution in [0.1, 0.15) is 23.3 Å². The summed E-state index contributed by atoms with van der Waals surface area (Å²) in [4.78, 5) is 12.1. The zero-order valence-electron chi connectivity index (χ0n) is 11.1. The van der Waals surface area contributed by atoms with Gasteiger partial charge in [-0.05, 0) is 25.9 Å². The van der Waals surface area contributed by atoms with Gasteiger partial charge in [0.25, 0.3) is 5.91 Å². The second kappa shape index (κ2) is 5.88. The first kappa shape index (κ1) is 12.9. The van der Waals surface area contributed by atoms with Crippen molar-refractivity contribution in [3.8, 4) is 11.3 Å². The minimum atomic E-state index is -0.164. The summed E-state index contributed by atoms with van der Waals surface area (Å²) < 4.78 is 5.24. The molecule has 5 heteroatoms. The first-order valence-electron chi connectivity index (χ1n) is 6.86. The summed E-state index contributed by atoms with van der Waals surface area (Å²) in [5.74, 6) is 0.448. The molecule has 0 unspecified atom stereocenters. The zero-order chi connectivity index (χ0) is 13.8. The molecule has 1 aliphatic rings. The van der Waals surface area contributed by atoms with Gasteiger partial charge < -0.3 is 15.2 Å². The second-order valence-corrected chi connectivity index (χ2v) is 4.94. The van der Waals surface area contributed by atoms with Gasteiger partial charge >= 0.3 is 0 Å². The van der Waals surface area contributed by atoms with Crippen LogP contribution in [-0.2, 0) is 0 Å². The molecule has 0 saturated carbocycles. The van der Waals surface area contributed by atoms with Gasteiger partial charge in [0.2, 0.25) is 0 Å². The number of carbonyl (C=O) groups is 1. The minimum Gasteiger partial charge on any atom is -0.355 e. The smallest absolute Gasteiger partial charge is 0.273 e. The highest BCUT2D eigenvalue weighted by molar-refractivity contribution is 5.93. The highest BCUT2D eigenvalue weighted by atomic mass is 16.5. The van der Waals surface area contributed by atoms with Crippen LogP contribution in [0.3, 0.4) is 0 Å². The molecule has 1 amide bonds. The molecule has 104 valence electrons. The Bertz CT molecular complexity index is 574. The van der Waals surface area contributed by atoms with Crippen LogP contribution < -0.4 is 10.6 Å². The summed E-state index contributed by atoms with van der Waals surface area (Å²) in [7, 11) is 0. The van der Waals surface area contributed by atoms with E-state index in [1.807, 2.05) is 30.3 Å². The molecule has 1 aromatic carbocycles. The lowest BCUT2D eigenvalue weighted by Crippen LogP contribution is -2.42.